The number of benzene rings is 3. The Morgan fingerprint density at radius 2 is 1.48 bits per heavy atom. The minimum atomic E-state index is -3.71. The smallest absolute Gasteiger partial charge is 0.261 e. The van der Waals surface area contributed by atoms with Crippen LogP contribution in [0.3, 0.4) is 0 Å². The molecule has 0 aliphatic rings. The second-order valence-corrected chi connectivity index (χ2v) is 7.49. The van der Waals surface area contributed by atoms with Gasteiger partial charge in [0, 0.05) is 11.3 Å². The zero-order valence-corrected chi connectivity index (χ0v) is 14.9. The van der Waals surface area contributed by atoms with Crippen molar-refractivity contribution in [2.75, 3.05) is 4.72 Å². The molecule has 8 heteroatoms. The number of nitrogens with one attached hydrogen (secondary N) is 2. The molecule has 0 saturated carbocycles. The van der Waals surface area contributed by atoms with E-state index >= 15 is 0 Å². The maximum absolute atomic E-state index is 12.7. The molecule has 4 rings (SSSR count). The summed E-state index contributed by atoms with van der Waals surface area (Å²) >= 11 is 0. The van der Waals surface area contributed by atoms with Gasteiger partial charge in [0.2, 0.25) is 5.82 Å². The van der Waals surface area contributed by atoms with Gasteiger partial charge in [0.15, 0.2) is 0 Å². The first-order valence-electron chi connectivity index (χ1n) is 8.14. The number of tetrazole rings is 1. The highest BCUT2D eigenvalue weighted by Gasteiger charge is 2.15. The van der Waals surface area contributed by atoms with Gasteiger partial charge in [0.1, 0.15) is 0 Å². The van der Waals surface area contributed by atoms with Crippen molar-refractivity contribution in [3.05, 3.63) is 78.9 Å². The van der Waals surface area contributed by atoms with Crippen LogP contribution in [0.5, 0.6) is 0 Å². The SMILES string of the molecule is O=S(=O)(Nc1cccc(-c2nn[nH]n2)c1)c1ccc(-c2ccccc2)cc1. The number of H-pyrrole nitrogens is 1. The summed E-state index contributed by atoms with van der Waals surface area (Å²) < 4.78 is 28.0. The molecule has 1 aromatic heterocycles. The maximum Gasteiger partial charge on any atom is 0.261 e. The van der Waals surface area contributed by atoms with Gasteiger partial charge < -0.3 is 0 Å². The van der Waals surface area contributed by atoms with Crippen molar-refractivity contribution < 1.29 is 8.42 Å². The molecule has 0 aliphatic carbocycles. The van der Waals surface area contributed by atoms with Crippen LogP contribution < -0.4 is 4.72 Å². The zero-order chi connectivity index (χ0) is 18.7. The highest BCUT2D eigenvalue weighted by atomic mass is 32.2. The summed E-state index contributed by atoms with van der Waals surface area (Å²) in [6, 6.07) is 23.4. The number of aromatic nitrogens is 4. The summed E-state index contributed by atoms with van der Waals surface area (Å²) in [4.78, 5) is 0.187. The molecule has 0 atom stereocenters. The quantitative estimate of drug-likeness (QED) is 0.555. The lowest BCUT2D eigenvalue weighted by Gasteiger charge is -2.10. The molecule has 1 heterocycles. The lowest BCUT2D eigenvalue weighted by Crippen LogP contribution is -2.12. The molecule has 0 saturated heterocycles. The lowest BCUT2D eigenvalue weighted by molar-refractivity contribution is 0.601. The summed E-state index contributed by atoms with van der Waals surface area (Å²) in [6.07, 6.45) is 0. The highest BCUT2D eigenvalue weighted by molar-refractivity contribution is 7.92. The van der Waals surface area contributed by atoms with E-state index in [1.807, 2.05) is 30.3 Å². The molecule has 0 unspecified atom stereocenters. The van der Waals surface area contributed by atoms with Crippen LogP contribution in [0.15, 0.2) is 83.8 Å². The highest BCUT2D eigenvalue weighted by Crippen LogP contribution is 2.24. The summed E-state index contributed by atoms with van der Waals surface area (Å²) in [7, 11) is -3.71. The van der Waals surface area contributed by atoms with Crippen molar-refractivity contribution in [1.29, 1.82) is 0 Å². The van der Waals surface area contributed by atoms with E-state index in [-0.39, 0.29) is 4.90 Å². The number of rotatable bonds is 5. The molecule has 4 aromatic rings. The van der Waals surface area contributed by atoms with E-state index in [9.17, 15) is 8.42 Å². The zero-order valence-electron chi connectivity index (χ0n) is 14.1. The average Bonchev–Trinajstić information content (AvgIpc) is 3.24. The van der Waals surface area contributed by atoms with Crippen molar-refractivity contribution >= 4 is 15.7 Å². The third-order valence-electron chi connectivity index (χ3n) is 3.99. The average molecular weight is 377 g/mol. The van der Waals surface area contributed by atoms with E-state index in [4.69, 9.17) is 0 Å². The van der Waals surface area contributed by atoms with E-state index in [1.54, 1.807) is 48.5 Å². The summed E-state index contributed by atoms with van der Waals surface area (Å²) in [5.74, 6) is 0.392. The normalized spacial score (nSPS) is 11.3. The molecular weight excluding hydrogens is 362 g/mol. The largest absolute Gasteiger partial charge is 0.280 e. The standard InChI is InChI=1S/C19H15N5O2S/c25-27(26,18-11-9-15(10-12-18)14-5-2-1-3-6-14)22-17-8-4-7-16(13-17)19-20-23-24-21-19/h1-13,22H,(H,20,21,23,24). The Morgan fingerprint density at radius 1 is 0.778 bits per heavy atom. The predicted octanol–water partition coefficient (Wildman–Crippen LogP) is 3.33. The first-order chi connectivity index (χ1) is 13.1. The summed E-state index contributed by atoms with van der Waals surface area (Å²) in [6.45, 7) is 0. The first-order valence-corrected chi connectivity index (χ1v) is 9.62. The first kappa shape index (κ1) is 16.9. The third kappa shape index (κ3) is 3.70. The molecule has 134 valence electrons. The Labute approximate surface area is 156 Å². The predicted molar refractivity (Wildman–Crippen MR) is 102 cm³/mol. The van der Waals surface area contributed by atoms with Gasteiger partial charge in [-0.1, -0.05) is 54.6 Å². The number of hydrogen-bond donors (Lipinski definition) is 2. The number of aromatic amines is 1. The van der Waals surface area contributed by atoms with Crippen LogP contribution in [-0.4, -0.2) is 29.0 Å². The fourth-order valence-corrected chi connectivity index (χ4v) is 3.73. The van der Waals surface area contributed by atoms with Crippen molar-refractivity contribution in [2.24, 2.45) is 0 Å². The van der Waals surface area contributed by atoms with E-state index in [0.29, 0.717) is 17.1 Å². The van der Waals surface area contributed by atoms with Crippen molar-refractivity contribution in [3.8, 4) is 22.5 Å². The molecule has 0 fully saturated rings. The van der Waals surface area contributed by atoms with Gasteiger partial charge in [0.05, 0.1) is 4.90 Å². The van der Waals surface area contributed by atoms with Crippen LogP contribution in [0.2, 0.25) is 0 Å². The van der Waals surface area contributed by atoms with Gasteiger partial charge in [-0.05, 0) is 40.6 Å². The number of anilines is 1. The minimum absolute atomic E-state index is 0.187. The molecule has 0 amide bonds. The molecule has 0 aliphatic heterocycles. The summed E-state index contributed by atoms with van der Waals surface area (Å²) in [5.41, 5.74) is 3.06. The molecule has 0 radical (unpaired) electrons. The number of hydrogen-bond acceptors (Lipinski definition) is 5. The van der Waals surface area contributed by atoms with Crippen LogP contribution in [0, 0.1) is 0 Å². The molecule has 7 nitrogen and oxygen atoms in total. The fraction of sp³-hybridized carbons (Fsp3) is 0. The Hall–Kier alpha value is -3.52. The molecule has 2 N–H and O–H groups in total. The topological polar surface area (TPSA) is 101 Å². The van der Waals surface area contributed by atoms with Crippen molar-refractivity contribution in [3.63, 3.8) is 0 Å². The van der Waals surface area contributed by atoms with Gasteiger partial charge in [-0.2, -0.15) is 5.21 Å². The summed E-state index contributed by atoms with van der Waals surface area (Å²) in [5, 5.41) is 13.7. The number of nitrogens with zero attached hydrogens (tertiary/aromatic N) is 3. The van der Waals surface area contributed by atoms with Crippen LogP contribution in [-0.2, 0) is 10.0 Å². The van der Waals surface area contributed by atoms with Crippen LogP contribution in [0.4, 0.5) is 5.69 Å². The van der Waals surface area contributed by atoms with Gasteiger partial charge >= 0.3 is 0 Å². The second-order valence-electron chi connectivity index (χ2n) is 5.81. The van der Waals surface area contributed by atoms with E-state index in [0.717, 1.165) is 11.1 Å². The minimum Gasteiger partial charge on any atom is -0.280 e. The Morgan fingerprint density at radius 3 is 2.19 bits per heavy atom. The lowest BCUT2D eigenvalue weighted by atomic mass is 10.1. The van der Waals surface area contributed by atoms with Crippen LogP contribution >= 0.6 is 0 Å². The van der Waals surface area contributed by atoms with Crippen LogP contribution in [0.1, 0.15) is 0 Å². The van der Waals surface area contributed by atoms with Gasteiger partial charge in [-0.15, -0.1) is 10.2 Å². The number of sulfonamides is 1. The van der Waals surface area contributed by atoms with Gasteiger partial charge in [-0.25, -0.2) is 8.42 Å². The van der Waals surface area contributed by atoms with E-state index in [1.165, 1.54) is 0 Å². The Kier molecular flexibility index (Phi) is 4.39. The van der Waals surface area contributed by atoms with E-state index < -0.39 is 10.0 Å². The molecule has 0 bridgehead atoms. The Balaban J connectivity index is 1.58. The third-order valence-corrected chi connectivity index (χ3v) is 5.39. The maximum atomic E-state index is 12.7. The van der Waals surface area contributed by atoms with Gasteiger partial charge in [-0.3, -0.25) is 4.72 Å². The molecule has 3 aromatic carbocycles. The van der Waals surface area contributed by atoms with E-state index in [2.05, 4.69) is 25.3 Å². The second kappa shape index (κ2) is 7.00. The molecular formula is C19H15N5O2S. The monoisotopic (exact) mass is 377 g/mol. The van der Waals surface area contributed by atoms with Crippen molar-refractivity contribution in [2.45, 2.75) is 4.90 Å². The Bertz CT molecular complexity index is 1140. The fourth-order valence-electron chi connectivity index (χ4n) is 2.68. The van der Waals surface area contributed by atoms with Gasteiger partial charge in [0.25, 0.3) is 10.0 Å². The molecule has 27 heavy (non-hydrogen) atoms. The molecule has 0 spiro atoms. The van der Waals surface area contributed by atoms with Crippen LogP contribution in [0.25, 0.3) is 22.5 Å². The van der Waals surface area contributed by atoms with Crippen molar-refractivity contribution in [1.82, 2.24) is 20.6 Å².